The maximum Gasteiger partial charge on any atom is 0.323 e. The molecule has 1 aliphatic rings. The first-order valence-electron chi connectivity index (χ1n) is 12.2. The van der Waals surface area contributed by atoms with Crippen LogP contribution in [0.2, 0.25) is 0 Å². The minimum absolute atomic E-state index is 0.121. The second kappa shape index (κ2) is 12.6. The summed E-state index contributed by atoms with van der Waals surface area (Å²) < 4.78 is 11.6. The van der Waals surface area contributed by atoms with Crippen molar-refractivity contribution in [2.45, 2.75) is 19.3 Å². The highest BCUT2D eigenvalue weighted by atomic mass is 16.5. The molecule has 10 heteroatoms. The van der Waals surface area contributed by atoms with Crippen LogP contribution >= 0.6 is 0 Å². The Morgan fingerprint density at radius 3 is 2.31 bits per heavy atom. The lowest BCUT2D eigenvalue weighted by Crippen LogP contribution is -2.47. The van der Waals surface area contributed by atoms with Gasteiger partial charge >= 0.3 is 12.0 Å². The zero-order valence-corrected chi connectivity index (χ0v) is 20.5. The van der Waals surface area contributed by atoms with Gasteiger partial charge in [-0.15, -0.1) is 0 Å². The molecule has 1 fully saturated rings. The van der Waals surface area contributed by atoms with E-state index in [1.165, 1.54) is 5.69 Å². The molecule has 0 amide bonds. The lowest BCUT2D eigenvalue weighted by Gasteiger charge is -2.36. The summed E-state index contributed by atoms with van der Waals surface area (Å²) in [6.45, 7) is 4.28. The fraction of sp³-hybridized carbons (Fsp3) is 0.385. The van der Waals surface area contributed by atoms with Gasteiger partial charge in [0.15, 0.2) is 0 Å². The number of piperazine rings is 1. The number of aryl methyl sites for hydroxylation is 1. The lowest BCUT2D eigenvalue weighted by atomic mass is 10.1. The van der Waals surface area contributed by atoms with Gasteiger partial charge in [0.1, 0.15) is 5.75 Å². The third-order valence-electron chi connectivity index (χ3n) is 5.85. The van der Waals surface area contributed by atoms with Gasteiger partial charge in [0.2, 0.25) is 11.9 Å². The quantitative estimate of drug-likeness (QED) is 0.366. The van der Waals surface area contributed by atoms with Crippen LogP contribution in [0.3, 0.4) is 0 Å². The van der Waals surface area contributed by atoms with Gasteiger partial charge < -0.3 is 29.7 Å². The Bertz CT molecular complexity index is 1110. The standard InChI is InChI=1S/C26H32N6O4/c1-27-24-28-25(32-16-14-31(15-17-32)21-6-3-2-4-7-21)30-26(29-24)36-19-5-18-35-22-11-8-20(9-12-22)10-13-23(33)34/h2-4,6-9,11-12H,5,10,13-19H2,1H3,(H,33,34)(H,27,28,29,30). The highest BCUT2D eigenvalue weighted by Gasteiger charge is 2.21. The number of carboxylic acid groups (broad SMARTS) is 1. The smallest absolute Gasteiger partial charge is 0.323 e. The minimum Gasteiger partial charge on any atom is -0.493 e. The second-order valence-electron chi connectivity index (χ2n) is 8.39. The topological polar surface area (TPSA) is 113 Å². The number of nitrogens with zero attached hydrogens (tertiary/aromatic N) is 5. The predicted molar refractivity (Wildman–Crippen MR) is 138 cm³/mol. The Kier molecular flexibility index (Phi) is 8.74. The third-order valence-corrected chi connectivity index (χ3v) is 5.85. The second-order valence-corrected chi connectivity index (χ2v) is 8.39. The molecule has 2 aromatic carbocycles. The number of carboxylic acids is 1. The summed E-state index contributed by atoms with van der Waals surface area (Å²) in [6.07, 6.45) is 1.29. The third kappa shape index (κ3) is 7.21. The zero-order valence-electron chi connectivity index (χ0n) is 20.5. The minimum atomic E-state index is -0.798. The summed E-state index contributed by atoms with van der Waals surface area (Å²) >= 11 is 0. The first-order valence-corrected chi connectivity index (χ1v) is 12.2. The molecule has 190 valence electrons. The zero-order chi connectivity index (χ0) is 25.2. The van der Waals surface area contributed by atoms with Crippen molar-refractivity contribution in [2.75, 3.05) is 61.6 Å². The molecule has 2 heterocycles. The first-order chi connectivity index (χ1) is 17.6. The Morgan fingerprint density at radius 2 is 1.61 bits per heavy atom. The van der Waals surface area contributed by atoms with Gasteiger partial charge in [-0.3, -0.25) is 4.79 Å². The number of rotatable bonds is 12. The van der Waals surface area contributed by atoms with E-state index >= 15 is 0 Å². The van der Waals surface area contributed by atoms with Gasteiger partial charge in [-0.25, -0.2) is 0 Å². The van der Waals surface area contributed by atoms with Crippen LogP contribution in [0.5, 0.6) is 11.8 Å². The number of benzene rings is 2. The van der Waals surface area contributed by atoms with E-state index in [4.69, 9.17) is 14.6 Å². The predicted octanol–water partition coefficient (Wildman–Crippen LogP) is 3.11. The molecule has 2 N–H and O–H groups in total. The number of anilines is 3. The average molecular weight is 493 g/mol. The summed E-state index contributed by atoms with van der Waals surface area (Å²) in [5.41, 5.74) is 2.20. The van der Waals surface area contributed by atoms with E-state index in [2.05, 4.69) is 54.3 Å². The average Bonchev–Trinajstić information content (AvgIpc) is 2.92. The van der Waals surface area contributed by atoms with Crippen LogP contribution < -0.4 is 24.6 Å². The summed E-state index contributed by atoms with van der Waals surface area (Å²) in [6, 6.07) is 18.2. The van der Waals surface area contributed by atoms with Crippen LogP contribution in [0.4, 0.5) is 17.6 Å². The molecule has 0 unspecified atom stereocenters. The Morgan fingerprint density at radius 1 is 0.917 bits per heavy atom. The van der Waals surface area contributed by atoms with Crippen LogP contribution in [0.25, 0.3) is 0 Å². The van der Waals surface area contributed by atoms with Crippen molar-refractivity contribution in [1.29, 1.82) is 0 Å². The van der Waals surface area contributed by atoms with Crippen molar-refractivity contribution < 1.29 is 19.4 Å². The Balaban J connectivity index is 1.23. The SMILES string of the molecule is CNc1nc(OCCCOc2ccc(CCC(=O)O)cc2)nc(N2CCN(c3ccccc3)CC2)n1. The number of nitrogens with one attached hydrogen (secondary N) is 1. The molecule has 3 aromatic rings. The molecule has 36 heavy (non-hydrogen) atoms. The van der Waals surface area contributed by atoms with Crippen molar-refractivity contribution in [3.8, 4) is 11.8 Å². The van der Waals surface area contributed by atoms with Gasteiger partial charge in [-0.05, 0) is 36.2 Å². The van der Waals surface area contributed by atoms with Crippen molar-refractivity contribution in [1.82, 2.24) is 15.0 Å². The van der Waals surface area contributed by atoms with Gasteiger partial charge in [0.25, 0.3) is 0 Å². The van der Waals surface area contributed by atoms with Crippen molar-refractivity contribution >= 4 is 23.6 Å². The summed E-state index contributed by atoms with van der Waals surface area (Å²) in [5, 5.41) is 11.8. The van der Waals surface area contributed by atoms with Crippen LogP contribution in [-0.4, -0.2) is 72.5 Å². The fourth-order valence-electron chi connectivity index (χ4n) is 3.88. The maximum atomic E-state index is 10.7. The van der Waals surface area contributed by atoms with E-state index in [0.29, 0.717) is 38.0 Å². The molecule has 0 saturated carbocycles. The van der Waals surface area contributed by atoms with Gasteiger partial charge in [-0.1, -0.05) is 30.3 Å². The number of hydrogen-bond donors (Lipinski definition) is 2. The van der Waals surface area contributed by atoms with Crippen molar-refractivity contribution in [3.05, 3.63) is 60.2 Å². The molecule has 1 aliphatic heterocycles. The molecule has 0 radical (unpaired) electrons. The molecular formula is C26H32N6O4. The molecule has 1 saturated heterocycles. The largest absolute Gasteiger partial charge is 0.493 e. The maximum absolute atomic E-state index is 10.7. The molecular weight excluding hydrogens is 460 g/mol. The van der Waals surface area contributed by atoms with Crippen LogP contribution in [0, 0.1) is 0 Å². The van der Waals surface area contributed by atoms with Crippen LogP contribution in [0.15, 0.2) is 54.6 Å². The highest BCUT2D eigenvalue weighted by molar-refractivity contribution is 5.67. The van der Waals surface area contributed by atoms with Crippen LogP contribution in [-0.2, 0) is 11.2 Å². The number of carbonyl (C=O) groups is 1. The number of aliphatic carboxylic acids is 1. The molecule has 4 rings (SSSR count). The van der Waals surface area contributed by atoms with Gasteiger partial charge in [0, 0.05) is 51.8 Å². The number of para-hydroxylation sites is 1. The summed E-state index contributed by atoms with van der Waals surface area (Å²) in [7, 11) is 1.77. The fourth-order valence-corrected chi connectivity index (χ4v) is 3.88. The molecule has 0 aliphatic carbocycles. The number of hydrogen-bond acceptors (Lipinski definition) is 9. The lowest BCUT2D eigenvalue weighted by molar-refractivity contribution is -0.136. The number of aromatic nitrogens is 3. The van der Waals surface area contributed by atoms with Crippen LogP contribution in [0.1, 0.15) is 18.4 Å². The number of ether oxygens (including phenoxy) is 2. The first kappa shape index (κ1) is 25.0. The van der Waals surface area contributed by atoms with Crippen molar-refractivity contribution in [2.24, 2.45) is 0 Å². The monoisotopic (exact) mass is 492 g/mol. The van der Waals surface area contributed by atoms with E-state index in [0.717, 1.165) is 37.5 Å². The summed E-state index contributed by atoms with van der Waals surface area (Å²) in [4.78, 5) is 28.6. The highest BCUT2D eigenvalue weighted by Crippen LogP contribution is 2.20. The van der Waals surface area contributed by atoms with E-state index in [1.807, 2.05) is 30.3 Å². The molecule has 0 bridgehead atoms. The van der Waals surface area contributed by atoms with Gasteiger partial charge in [0.05, 0.1) is 13.2 Å². The van der Waals surface area contributed by atoms with E-state index in [-0.39, 0.29) is 12.4 Å². The Hall–Kier alpha value is -4.08. The molecule has 0 spiro atoms. The normalized spacial score (nSPS) is 13.4. The van der Waals surface area contributed by atoms with Crippen molar-refractivity contribution in [3.63, 3.8) is 0 Å². The summed E-state index contributed by atoms with van der Waals surface area (Å²) in [5.74, 6) is 1.02. The van der Waals surface area contributed by atoms with E-state index in [9.17, 15) is 4.79 Å². The molecule has 0 atom stereocenters. The Labute approximate surface area is 210 Å². The van der Waals surface area contributed by atoms with E-state index in [1.54, 1.807) is 7.05 Å². The van der Waals surface area contributed by atoms with E-state index < -0.39 is 5.97 Å². The molecule has 10 nitrogen and oxygen atoms in total. The van der Waals surface area contributed by atoms with Gasteiger partial charge in [-0.2, -0.15) is 15.0 Å². The molecule has 1 aromatic heterocycles.